The number of rotatable bonds is 0. The number of aliphatic imine (C=N–C) groups is 1. The molecule has 0 fully saturated rings. The number of fused-ring (bicyclic) bond motifs is 1. The van der Waals surface area contributed by atoms with Crippen LogP contribution in [0.2, 0.25) is 0 Å². The molecule has 0 N–H and O–H groups in total. The van der Waals surface area contributed by atoms with Crippen molar-refractivity contribution < 1.29 is 0 Å². The van der Waals surface area contributed by atoms with Gasteiger partial charge in [0.2, 0.25) is 0 Å². The lowest BCUT2D eigenvalue weighted by molar-refractivity contribution is 0.726. The van der Waals surface area contributed by atoms with Crippen LogP contribution in [0.5, 0.6) is 0 Å². The lowest BCUT2D eigenvalue weighted by Gasteiger charge is -2.22. The summed E-state index contributed by atoms with van der Waals surface area (Å²) in [6.45, 7) is 2.12. The minimum Gasteiger partial charge on any atom is -0.286 e. The van der Waals surface area contributed by atoms with E-state index in [0.29, 0.717) is 6.04 Å². The van der Waals surface area contributed by atoms with Crippen LogP contribution in [0.4, 0.5) is 0 Å². The Balaban J connectivity index is 2.23. The first-order valence-electron chi connectivity index (χ1n) is 4.23. The summed E-state index contributed by atoms with van der Waals surface area (Å²) in [4.78, 5) is 4.60. The normalized spacial score (nSPS) is 29.0. The van der Waals surface area contributed by atoms with Crippen LogP contribution in [0.1, 0.15) is 26.2 Å². The van der Waals surface area contributed by atoms with Gasteiger partial charge in [-0.15, -0.1) is 0 Å². The quantitative estimate of drug-likeness (QED) is 0.467. The summed E-state index contributed by atoms with van der Waals surface area (Å²) in [5, 5.41) is 0. The predicted octanol–water partition coefficient (Wildman–Crippen LogP) is 2.50. The highest BCUT2D eigenvalue weighted by molar-refractivity contribution is 5.84. The molecule has 1 aliphatic carbocycles. The van der Waals surface area contributed by atoms with Gasteiger partial charge in [-0.3, -0.25) is 4.99 Å². The molecule has 0 spiro atoms. The molecule has 0 aromatic carbocycles. The Morgan fingerprint density at radius 1 is 1.36 bits per heavy atom. The number of dihydropyridines is 1. The van der Waals surface area contributed by atoms with Gasteiger partial charge in [0.15, 0.2) is 0 Å². The van der Waals surface area contributed by atoms with Gasteiger partial charge in [-0.2, -0.15) is 0 Å². The minimum atomic E-state index is 0.494. The Bertz CT molecular complexity index is 246. The molecular formula is C10H13N. The van der Waals surface area contributed by atoms with Crippen molar-refractivity contribution in [3.63, 3.8) is 0 Å². The summed E-state index contributed by atoms with van der Waals surface area (Å²) < 4.78 is 0. The zero-order valence-electron chi connectivity index (χ0n) is 6.88. The highest BCUT2D eigenvalue weighted by Crippen LogP contribution is 2.24. The maximum atomic E-state index is 4.60. The monoisotopic (exact) mass is 147 g/mol. The van der Waals surface area contributed by atoms with Gasteiger partial charge in [-0.1, -0.05) is 18.2 Å². The van der Waals surface area contributed by atoms with Gasteiger partial charge >= 0.3 is 0 Å². The highest BCUT2D eigenvalue weighted by Gasteiger charge is 2.16. The molecule has 1 heteroatoms. The SMILES string of the molecule is CC1=NC2CC=CCC2=CC1. The van der Waals surface area contributed by atoms with Gasteiger partial charge in [0.1, 0.15) is 0 Å². The van der Waals surface area contributed by atoms with E-state index in [1.807, 2.05) is 0 Å². The van der Waals surface area contributed by atoms with E-state index < -0.39 is 0 Å². The van der Waals surface area contributed by atoms with Gasteiger partial charge in [-0.05, 0) is 25.3 Å². The van der Waals surface area contributed by atoms with E-state index in [1.54, 1.807) is 0 Å². The zero-order valence-corrected chi connectivity index (χ0v) is 6.88. The molecule has 0 radical (unpaired) electrons. The van der Waals surface area contributed by atoms with E-state index in [-0.39, 0.29) is 0 Å². The number of nitrogens with zero attached hydrogens (tertiary/aromatic N) is 1. The summed E-state index contributed by atoms with van der Waals surface area (Å²) in [5.74, 6) is 0. The van der Waals surface area contributed by atoms with E-state index >= 15 is 0 Å². The molecule has 0 aromatic rings. The van der Waals surface area contributed by atoms with Gasteiger partial charge in [-0.25, -0.2) is 0 Å². The fourth-order valence-electron chi connectivity index (χ4n) is 1.68. The van der Waals surface area contributed by atoms with Gasteiger partial charge in [0, 0.05) is 12.1 Å². The van der Waals surface area contributed by atoms with Gasteiger partial charge < -0.3 is 0 Å². The lowest BCUT2D eigenvalue weighted by Crippen LogP contribution is -2.16. The first-order valence-corrected chi connectivity index (χ1v) is 4.23. The third-order valence-corrected chi connectivity index (χ3v) is 2.34. The molecule has 11 heavy (non-hydrogen) atoms. The molecule has 0 bridgehead atoms. The Morgan fingerprint density at radius 3 is 3.18 bits per heavy atom. The Morgan fingerprint density at radius 2 is 2.27 bits per heavy atom. The van der Waals surface area contributed by atoms with Crippen molar-refractivity contribution in [1.82, 2.24) is 0 Å². The molecule has 1 atom stereocenters. The minimum absolute atomic E-state index is 0.494. The van der Waals surface area contributed by atoms with Crippen LogP contribution >= 0.6 is 0 Å². The average molecular weight is 147 g/mol. The van der Waals surface area contributed by atoms with Crippen LogP contribution in [0.15, 0.2) is 28.8 Å². The number of allylic oxidation sites excluding steroid dienone is 2. The van der Waals surface area contributed by atoms with E-state index in [9.17, 15) is 0 Å². The smallest absolute Gasteiger partial charge is 0.0745 e. The molecule has 1 aliphatic heterocycles. The van der Waals surface area contributed by atoms with Gasteiger partial charge in [0.25, 0.3) is 0 Å². The van der Waals surface area contributed by atoms with Crippen LogP contribution in [0.3, 0.4) is 0 Å². The molecule has 1 nitrogen and oxygen atoms in total. The van der Waals surface area contributed by atoms with Crippen molar-refractivity contribution in [2.75, 3.05) is 0 Å². The third kappa shape index (κ3) is 1.28. The molecule has 0 saturated heterocycles. The second kappa shape index (κ2) is 2.65. The highest BCUT2D eigenvalue weighted by atomic mass is 14.8. The maximum absolute atomic E-state index is 4.60. The molecular weight excluding hydrogens is 134 g/mol. The molecule has 0 saturated carbocycles. The molecule has 1 unspecified atom stereocenters. The molecule has 0 amide bonds. The average Bonchev–Trinajstić information content (AvgIpc) is 2.04. The van der Waals surface area contributed by atoms with Gasteiger partial charge in [0.05, 0.1) is 6.04 Å². The van der Waals surface area contributed by atoms with Crippen molar-refractivity contribution in [1.29, 1.82) is 0 Å². The van der Waals surface area contributed by atoms with Crippen molar-refractivity contribution in [2.45, 2.75) is 32.2 Å². The first kappa shape index (κ1) is 6.84. The van der Waals surface area contributed by atoms with E-state index in [4.69, 9.17) is 0 Å². The summed E-state index contributed by atoms with van der Waals surface area (Å²) in [7, 11) is 0. The predicted molar refractivity (Wildman–Crippen MR) is 48.0 cm³/mol. The second-order valence-corrected chi connectivity index (χ2v) is 3.27. The van der Waals surface area contributed by atoms with Crippen LogP contribution in [-0.4, -0.2) is 11.8 Å². The van der Waals surface area contributed by atoms with Crippen LogP contribution < -0.4 is 0 Å². The standard InChI is InChI=1S/C10H13N/c1-8-6-7-9-4-2-3-5-10(9)11-8/h2-3,7,10H,4-6H2,1H3. The van der Waals surface area contributed by atoms with E-state index in [0.717, 1.165) is 19.3 Å². The third-order valence-electron chi connectivity index (χ3n) is 2.34. The molecule has 0 aromatic heterocycles. The zero-order chi connectivity index (χ0) is 7.68. The van der Waals surface area contributed by atoms with Crippen LogP contribution in [0, 0.1) is 0 Å². The fourth-order valence-corrected chi connectivity index (χ4v) is 1.68. The summed E-state index contributed by atoms with van der Waals surface area (Å²) in [6.07, 6.45) is 10.1. The largest absolute Gasteiger partial charge is 0.286 e. The second-order valence-electron chi connectivity index (χ2n) is 3.27. The molecule has 2 aliphatic rings. The van der Waals surface area contributed by atoms with Crippen LogP contribution in [0.25, 0.3) is 0 Å². The van der Waals surface area contributed by atoms with Crippen molar-refractivity contribution in [3.05, 3.63) is 23.8 Å². The number of hydrogen-bond donors (Lipinski definition) is 0. The Labute approximate surface area is 67.5 Å². The molecule has 1 heterocycles. The van der Waals surface area contributed by atoms with Crippen molar-refractivity contribution >= 4 is 5.71 Å². The van der Waals surface area contributed by atoms with E-state index in [2.05, 4.69) is 30.1 Å². The topological polar surface area (TPSA) is 12.4 Å². The Kier molecular flexibility index (Phi) is 1.65. The fraction of sp³-hybridized carbons (Fsp3) is 0.500. The lowest BCUT2D eigenvalue weighted by atomic mass is 9.92. The maximum Gasteiger partial charge on any atom is 0.0745 e. The summed E-state index contributed by atoms with van der Waals surface area (Å²) >= 11 is 0. The number of hydrogen-bond acceptors (Lipinski definition) is 1. The van der Waals surface area contributed by atoms with Crippen molar-refractivity contribution in [3.8, 4) is 0 Å². The Hall–Kier alpha value is -0.850. The van der Waals surface area contributed by atoms with Crippen LogP contribution in [-0.2, 0) is 0 Å². The molecule has 58 valence electrons. The summed E-state index contributed by atoms with van der Waals surface area (Å²) in [6, 6.07) is 0.494. The summed E-state index contributed by atoms with van der Waals surface area (Å²) in [5.41, 5.74) is 2.81. The first-order chi connectivity index (χ1) is 5.36. The molecule has 2 rings (SSSR count). The van der Waals surface area contributed by atoms with E-state index in [1.165, 1.54) is 11.3 Å². The van der Waals surface area contributed by atoms with Crippen molar-refractivity contribution in [2.24, 2.45) is 4.99 Å².